The molecule has 1 rings (SSSR count). The number of ether oxygens (including phenoxy) is 2. The molecule has 0 bridgehead atoms. The van der Waals surface area contributed by atoms with Crippen LogP contribution in [0.25, 0.3) is 0 Å². The third kappa shape index (κ3) is 6.99. The third-order valence-corrected chi connectivity index (χ3v) is 3.19. The summed E-state index contributed by atoms with van der Waals surface area (Å²) in [5, 5.41) is 2.52. The highest BCUT2D eigenvalue weighted by molar-refractivity contribution is 9.10. The van der Waals surface area contributed by atoms with Crippen molar-refractivity contribution in [2.24, 2.45) is 0 Å². The molecule has 0 radical (unpaired) electrons. The molecule has 0 aliphatic heterocycles. The molecule has 23 heavy (non-hydrogen) atoms. The lowest BCUT2D eigenvalue weighted by Crippen LogP contribution is -2.36. The highest BCUT2D eigenvalue weighted by Gasteiger charge is 2.25. The van der Waals surface area contributed by atoms with Crippen LogP contribution in [0.1, 0.15) is 45.7 Å². The first kappa shape index (κ1) is 19.4. The zero-order chi connectivity index (χ0) is 17.6. The van der Waals surface area contributed by atoms with E-state index in [-0.39, 0.29) is 18.6 Å². The number of hydrogen-bond donors (Lipinski definition) is 1. The van der Waals surface area contributed by atoms with Gasteiger partial charge in [0.1, 0.15) is 11.4 Å². The topological polar surface area (TPSA) is 64.6 Å². The van der Waals surface area contributed by atoms with Crippen LogP contribution in [-0.2, 0) is 14.3 Å². The Kier molecular flexibility index (Phi) is 7.00. The molecule has 0 aromatic heterocycles. The molecular weight excluding hydrogens is 369 g/mol. The van der Waals surface area contributed by atoms with E-state index in [1.54, 1.807) is 27.7 Å². The standard InChI is InChI=1S/C16H21BrFNO4/c1-5-22-14(20)9-13(19-15(21)23-16(2,3)4)11-8-10(17)6-7-12(11)18/h6-8,13H,5,9H2,1-4H3,(H,19,21). The molecule has 0 heterocycles. The fourth-order valence-electron chi connectivity index (χ4n) is 1.86. The first-order chi connectivity index (χ1) is 10.6. The van der Waals surface area contributed by atoms with Crippen molar-refractivity contribution in [3.05, 3.63) is 34.1 Å². The fourth-order valence-corrected chi connectivity index (χ4v) is 2.24. The molecule has 0 aliphatic carbocycles. The van der Waals surface area contributed by atoms with E-state index in [1.807, 2.05) is 0 Å². The number of esters is 1. The molecule has 0 aliphatic rings. The average Bonchev–Trinajstić information content (AvgIpc) is 2.39. The van der Waals surface area contributed by atoms with Crippen molar-refractivity contribution >= 4 is 28.0 Å². The molecule has 128 valence electrons. The number of benzene rings is 1. The second-order valence-electron chi connectivity index (χ2n) is 5.87. The van der Waals surface area contributed by atoms with Gasteiger partial charge < -0.3 is 14.8 Å². The number of hydrogen-bond acceptors (Lipinski definition) is 4. The smallest absolute Gasteiger partial charge is 0.408 e. The van der Waals surface area contributed by atoms with Crippen molar-refractivity contribution in [1.29, 1.82) is 0 Å². The Morgan fingerprint density at radius 3 is 2.57 bits per heavy atom. The van der Waals surface area contributed by atoms with Gasteiger partial charge >= 0.3 is 12.1 Å². The number of nitrogens with one attached hydrogen (secondary N) is 1. The molecule has 1 unspecified atom stereocenters. The first-order valence-corrected chi connectivity index (χ1v) is 8.01. The van der Waals surface area contributed by atoms with E-state index in [1.165, 1.54) is 18.2 Å². The van der Waals surface area contributed by atoms with Gasteiger partial charge in [0.25, 0.3) is 0 Å². The molecule has 7 heteroatoms. The Labute approximate surface area is 143 Å². The predicted molar refractivity (Wildman–Crippen MR) is 87.5 cm³/mol. The summed E-state index contributed by atoms with van der Waals surface area (Å²) in [7, 11) is 0. The molecule has 0 saturated heterocycles. The van der Waals surface area contributed by atoms with E-state index in [0.717, 1.165) is 0 Å². The monoisotopic (exact) mass is 389 g/mol. The Morgan fingerprint density at radius 2 is 2.00 bits per heavy atom. The Bertz CT molecular complexity index is 572. The van der Waals surface area contributed by atoms with Crippen molar-refractivity contribution < 1.29 is 23.5 Å². The summed E-state index contributed by atoms with van der Waals surface area (Å²) in [4.78, 5) is 23.7. The normalized spacial score (nSPS) is 12.4. The van der Waals surface area contributed by atoms with Gasteiger partial charge in [-0.2, -0.15) is 0 Å². The summed E-state index contributed by atoms with van der Waals surface area (Å²) >= 11 is 3.25. The first-order valence-electron chi connectivity index (χ1n) is 7.22. The maximum atomic E-state index is 14.1. The lowest BCUT2D eigenvalue weighted by Gasteiger charge is -2.24. The molecule has 1 amide bonds. The lowest BCUT2D eigenvalue weighted by molar-refractivity contribution is -0.143. The van der Waals surface area contributed by atoms with Gasteiger partial charge in [-0.25, -0.2) is 9.18 Å². The molecule has 0 saturated carbocycles. The second-order valence-corrected chi connectivity index (χ2v) is 6.79. The second kappa shape index (κ2) is 8.29. The number of carbonyl (C=O) groups excluding carboxylic acids is 2. The van der Waals surface area contributed by atoms with Crippen molar-refractivity contribution in [3.8, 4) is 0 Å². The maximum absolute atomic E-state index is 14.1. The minimum Gasteiger partial charge on any atom is -0.466 e. The summed E-state index contributed by atoms with van der Waals surface area (Å²) in [5.74, 6) is -1.06. The van der Waals surface area contributed by atoms with Crippen LogP contribution in [0.4, 0.5) is 9.18 Å². The molecule has 1 aromatic carbocycles. The van der Waals surface area contributed by atoms with Crippen LogP contribution in [0, 0.1) is 5.82 Å². The zero-order valence-corrected chi connectivity index (χ0v) is 15.2. The van der Waals surface area contributed by atoms with Crippen LogP contribution < -0.4 is 5.32 Å². The predicted octanol–water partition coefficient (Wildman–Crippen LogP) is 4.11. The minimum absolute atomic E-state index is 0.179. The van der Waals surface area contributed by atoms with Crippen molar-refractivity contribution in [2.75, 3.05) is 6.61 Å². The summed E-state index contributed by atoms with van der Waals surface area (Å²) in [6.07, 6.45) is -0.924. The van der Waals surface area contributed by atoms with Crippen molar-refractivity contribution in [3.63, 3.8) is 0 Å². The number of alkyl carbamates (subject to hydrolysis) is 1. The van der Waals surface area contributed by atoms with E-state index < -0.39 is 29.5 Å². The van der Waals surface area contributed by atoms with Gasteiger partial charge in [-0.15, -0.1) is 0 Å². The molecular formula is C16H21BrFNO4. The molecule has 0 spiro atoms. The highest BCUT2D eigenvalue weighted by atomic mass is 79.9. The molecule has 5 nitrogen and oxygen atoms in total. The maximum Gasteiger partial charge on any atom is 0.408 e. The third-order valence-electron chi connectivity index (χ3n) is 2.70. The van der Waals surface area contributed by atoms with Crippen LogP contribution in [-0.4, -0.2) is 24.3 Å². The summed E-state index contributed by atoms with van der Waals surface area (Å²) in [6.45, 7) is 7.03. The number of rotatable bonds is 5. The number of amides is 1. The van der Waals surface area contributed by atoms with E-state index >= 15 is 0 Å². The molecule has 0 fully saturated rings. The quantitative estimate of drug-likeness (QED) is 0.769. The highest BCUT2D eigenvalue weighted by Crippen LogP contribution is 2.25. The van der Waals surface area contributed by atoms with Crippen LogP contribution in [0.15, 0.2) is 22.7 Å². The van der Waals surface area contributed by atoms with Gasteiger partial charge in [-0.05, 0) is 45.9 Å². The number of halogens is 2. The van der Waals surface area contributed by atoms with Gasteiger partial charge in [-0.3, -0.25) is 4.79 Å². The Hall–Kier alpha value is -1.63. The average molecular weight is 390 g/mol. The Morgan fingerprint density at radius 1 is 1.35 bits per heavy atom. The van der Waals surface area contributed by atoms with Crippen LogP contribution in [0.2, 0.25) is 0 Å². The minimum atomic E-state index is -0.888. The van der Waals surface area contributed by atoms with Gasteiger partial charge in [-0.1, -0.05) is 15.9 Å². The van der Waals surface area contributed by atoms with Crippen molar-refractivity contribution in [2.45, 2.75) is 45.8 Å². The van der Waals surface area contributed by atoms with Crippen LogP contribution in [0.3, 0.4) is 0 Å². The fraction of sp³-hybridized carbons (Fsp3) is 0.500. The summed E-state index contributed by atoms with van der Waals surface area (Å²) < 4.78 is 24.8. The van der Waals surface area contributed by atoms with Gasteiger partial charge in [0, 0.05) is 10.0 Å². The van der Waals surface area contributed by atoms with E-state index in [4.69, 9.17) is 9.47 Å². The van der Waals surface area contributed by atoms with Crippen LogP contribution in [0.5, 0.6) is 0 Å². The van der Waals surface area contributed by atoms with E-state index in [2.05, 4.69) is 21.2 Å². The largest absolute Gasteiger partial charge is 0.466 e. The Balaban J connectivity index is 2.99. The zero-order valence-electron chi connectivity index (χ0n) is 13.6. The van der Waals surface area contributed by atoms with E-state index in [0.29, 0.717) is 4.47 Å². The van der Waals surface area contributed by atoms with Crippen LogP contribution >= 0.6 is 15.9 Å². The lowest BCUT2D eigenvalue weighted by atomic mass is 10.0. The van der Waals surface area contributed by atoms with E-state index in [9.17, 15) is 14.0 Å². The molecule has 1 aromatic rings. The van der Waals surface area contributed by atoms with Gasteiger partial charge in [0.2, 0.25) is 0 Å². The SMILES string of the molecule is CCOC(=O)CC(NC(=O)OC(C)(C)C)c1cc(Br)ccc1F. The number of carbonyl (C=O) groups is 2. The van der Waals surface area contributed by atoms with Crippen molar-refractivity contribution in [1.82, 2.24) is 5.32 Å². The summed E-state index contributed by atoms with van der Waals surface area (Å²) in [6, 6.07) is 3.42. The molecule has 1 atom stereocenters. The summed E-state index contributed by atoms with van der Waals surface area (Å²) in [5.41, 5.74) is -0.521. The van der Waals surface area contributed by atoms with Gasteiger partial charge in [0.05, 0.1) is 19.1 Å². The van der Waals surface area contributed by atoms with Gasteiger partial charge in [0.15, 0.2) is 0 Å². The molecule has 1 N–H and O–H groups in total.